The summed E-state index contributed by atoms with van der Waals surface area (Å²) < 4.78 is 25.6. The van der Waals surface area contributed by atoms with Crippen LogP contribution < -0.4 is 0 Å². The third kappa shape index (κ3) is 7.37. The minimum atomic E-state index is -3.36. The molecule has 0 radical (unpaired) electrons. The summed E-state index contributed by atoms with van der Waals surface area (Å²) in [5, 5.41) is 0. The maximum absolute atomic E-state index is 10.5. The Labute approximate surface area is 67.9 Å². The molecular formula is C7H12O3S. The quantitative estimate of drug-likeness (QED) is 0.461. The Balaban J connectivity index is 3.99. The van der Waals surface area contributed by atoms with Gasteiger partial charge in [0.15, 0.2) is 0 Å². The minimum absolute atomic E-state index is 0.537. The molecule has 3 nitrogen and oxygen atoms in total. The average Bonchev–Trinajstić information content (AvgIpc) is 1.79. The van der Waals surface area contributed by atoms with E-state index in [2.05, 4.69) is 16.0 Å². The lowest BCUT2D eigenvalue weighted by molar-refractivity contribution is 0.286. The van der Waals surface area contributed by atoms with E-state index in [-0.39, 0.29) is 0 Å². The monoisotopic (exact) mass is 176 g/mol. The van der Waals surface area contributed by atoms with Crippen LogP contribution in [0.15, 0.2) is 0 Å². The summed E-state index contributed by atoms with van der Waals surface area (Å²) in [6, 6.07) is 0. The van der Waals surface area contributed by atoms with Crippen LogP contribution in [0.3, 0.4) is 0 Å². The Morgan fingerprint density at radius 1 is 1.55 bits per heavy atom. The lowest BCUT2D eigenvalue weighted by Crippen LogP contribution is -2.11. The lowest BCUT2D eigenvalue weighted by atomic mass is 10.4. The summed E-state index contributed by atoms with van der Waals surface area (Å²) in [4.78, 5) is 0. The summed E-state index contributed by atoms with van der Waals surface area (Å²) in [5.41, 5.74) is 0. The van der Waals surface area contributed by atoms with Gasteiger partial charge in [-0.05, 0) is 6.92 Å². The smallest absolute Gasteiger partial charge is 0.254 e. The SMILES string of the molecule is CCC#C[C@H](C)OS(C)(=O)=O. The van der Waals surface area contributed by atoms with Crippen LogP contribution in [-0.4, -0.2) is 20.8 Å². The van der Waals surface area contributed by atoms with Crippen LogP contribution in [0.5, 0.6) is 0 Å². The first-order valence-corrected chi connectivity index (χ1v) is 5.14. The van der Waals surface area contributed by atoms with Crippen molar-refractivity contribution in [3.8, 4) is 11.8 Å². The Morgan fingerprint density at radius 2 is 2.09 bits per heavy atom. The molecule has 0 heterocycles. The van der Waals surface area contributed by atoms with E-state index >= 15 is 0 Å². The van der Waals surface area contributed by atoms with Crippen molar-refractivity contribution in [2.45, 2.75) is 26.4 Å². The maximum atomic E-state index is 10.5. The van der Waals surface area contributed by atoms with Crippen LogP contribution in [0.2, 0.25) is 0 Å². The summed E-state index contributed by atoms with van der Waals surface area (Å²) in [7, 11) is -3.36. The van der Waals surface area contributed by atoms with Gasteiger partial charge in [0, 0.05) is 6.42 Å². The number of hydrogen-bond acceptors (Lipinski definition) is 3. The zero-order valence-corrected chi connectivity index (χ0v) is 7.73. The molecule has 0 N–H and O–H groups in total. The highest BCUT2D eigenvalue weighted by molar-refractivity contribution is 7.86. The molecule has 0 aromatic rings. The highest BCUT2D eigenvalue weighted by atomic mass is 32.2. The number of hydrogen-bond donors (Lipinski definition) is 0. The molecule has 0 aliphatic carbocycles. The van der Waals surface area contributed by atoms with Crippen LogP contribution in [0.1, 0.15) is 20.3 Å². The molecule has 0 bridgehead atoms. The highest BCUT2D eigenvalue weighted by Gasteiger charge is 2.05. The van der Waals surface area contributed by atoms with Gasteiger partial charge >= 0.3 is 0 Å². The lowest BCUT2D eigenvalue weighted by Gasteiger charge is -2.01. The Morgan fingerprint density at radius 3 is 2.45 bits per heavy atom. The molecule has 4 heteroatoms. The second kappa shape index (κ2) is 4.37. The normalized spacial score (nSPS) is 13.4. The predicted molar refractivity (Wildman–Crippen MR) is 43.5 cm³/mol. The second-order valence-corrected chi connectivity index (χ2v) is 3.72. The molecule has 64 valence electrons. The maximum Gasteiger partial charge on any atom is 0.265 e. The molecule has 0 amide bonds. The van der Waals surface area contributed by atoms with Gasteiger partial charge in [-0.1, -0.05) is 12.8 Å². The van der Waals surface area contributed by atoms with Gasteiger partial charge in [-0.25, -0.2) is 0 Å². The van der Waals surface area contributed by atoms with Crippen molar-refractivity contribution in [3.05, 3.63) is 0 Å². The molecule has 0 aliphatic rings. The Kier molecular flexibility index (Phi) is 4.16. The van der Waals surface area contributed by atoms with Crippen LogP contribution in [0, 0.1) is 11.8 Å². The van der Waals surface area contributed by atoms with E-state index in [4.69, 9.17) is 0 Å². The van der Waals surface area contributed by atoms with Gasteiger partial charge in [-0.3, -0.25) is 4.18 Å². The standard InChI is InChI=1S/C7H12O3S/c1-4-5-6-7(2)10-11(3,8)9/h7H,4H2,1-3H3/t7-/m0/s1. The molecule has 0 aromatic carbocycles. The van der Waals surface area contributed by atoms with Crippen molar-refractivity contribution in [3.63, 3.8) is 0 Å². The third-order valence-electron chi connectivity index (χ3n) is 0.801. The van der Waals surface area contributed by atoms with Crippen molar-refractivity contribution >= 4 is 10.1 Å². The summed E-state index contributed by atoms with van der Waals surface area (Å²) in [6.45, 7) is 3.49. The molecule has 0 saturated heterocycles. The molecule has 11 heavy (non-hydrogen) atoms. The Hall–Kier alpha value is -0.530. The Bertz CT molecular complexity index is 255. The third-order valence-corrected chi connectivity index (χ3v) is 1.44. The largest absolute Gasteiger partial charge is 0.265 e. The summed E-state index contributed by atoms with van der Waals surface area (Å²) in [6.07, 6.45) is 1.18. The molecular weight excluding hydrogens is 164 g/mol. The van der Waals surface area contributed by atoms with Gasteiger partial charge in [0.05, 0.1) is 6.26 Å². The molecule has 0 fully saturated rings. The highest BCUT2D eigenvalue weighted by Crippen LogP contribution is 1.94. The fraction of sp³-hybridized carbons (Fsp3) is 0.714. The van der Waals surface area contributed by atoms with Crippen molar-refractivity contribution in [1.29, 1.82) is 0 Å². The van der Waals surface area contributed by atoms with E-state index in [0.717, 1.165) is 6.26 Å². The molecule has 0 spiro atoms. The minimum Gasteiger partial charge on any atom is -0.254 e. The van der Waals surface area contributed by atoms with Crippen LogP contribution in [0.25, 0.3) is 0 Å². The van der Waals surface area contributed by atoms with Crippen molar-refractivity contribution in [2.75, 3.05) is 6.26 Å². The second-order valence-electron chi connectivity index (χ2n) is 2.12. The van der Waals surface area contributed by atoms with E-state index in [1.807, 2.05) is 6.92 Å². The van der Waals surface area contributed by atoms with Crippen LogP contribution >= 0.6 is 0 Å². The zero-order chi connectivity index (χ0) is 8.91. The number of rotatable bonds is 2. The topological polar surface area (TPSA) is 43.4 Å². The fourth-order valence-electron chi connectivity index (χ4n) is 0.532. The van der Waals surface area contributed by atoms with Gasteiger partial charge < -0.3 is 0 Å². The molecule has 0 saturated carbocycles. The van der Waals surface area contributed by atoms with Gasteiger partial charge in [0.2, 0.25) is 0 Å². The van der Waals surface area contributed by atoms with E-state index in [1.54, 1.807) is 6.92 Å². The molecule has 0 unspecified atom stereocenters. The molecule has 0 rings (SSSR count). The van der Waals surface area contributed by atoms with E-state index in [9.17, 15) is 8.42 Å². The van der Waals surface area contributed by atoms with E-state index < -0.39 is 16.2 Å². The van der Waals surface area contributed by atoms with Gasteiger partial charge in [-0.15, -0.1) is 5.92 Å². The summed E-state index contributed by atoms with van der Waals surface area (Å²) >= 11 is 0. The first-order valence-electron chi connectivity index (χ1n) is 3.32. The van der Waals surface area contributed by atoms with Gasteiger partial charge in [-0.2, -0.15) is 8.42 Å². The van der Waals surface area contributed by atoms with Crippen molar-refractivity contribution in [2.24, 2.45) is 0 Å². The zero-order valence-electron chi connectivity index (χ0n) is 6.92. The van der Waals surface area contributed by atoms with Crippen molar-refractivity contribution < 1.29 is 12.6 Å². The molecule has 0 aliphatic heterocycles. The van der Waals surface area contributed by atoms with Crippen LogP contribution in [-0.2, 0) is 14.3 Å². The summed E-state index contributed by atoms with van der Waals surface area (Å²) in [5.74, 6) is 5.37. The van der Waals surface area contributed by atoms with Crippen LogP contribution in [0.4, 0.5) is 0 Å². The molecule has 1 atom stereocenters. The first kappa shape index (κ1) is 10.5. The first-order chi connectivity index (χ1) is 4.95. The van der Waals surface area contributed by atoms with Crippen molar-refractivity contribution in [1.82, 2.24) is 0 Å². The van der Waals surface area contributed by atoms with Gasteiger partial charge in [0.1, 0.15) is 6.10 Å². The predicted octanol–water partition coefficient (Wildman–Crippen LogP) is 0.764. The van der Waals surface area contributed by atoms with E-state index in [1.165, 1.54) is 0 Å². The molecule has 0 aromatic heterocycles. The average molecular weight is 176 g/mol. The van der Waals surface area contributed by atoms with E-state index in [0.29, 0.717) is 6.42 Å². The fourth-order valence-corrected chi connectivity index (χ4v) is 1.10. The van der Waals surface area contributed by atoms with Gasteiger partial charge in [0.25, 0.3) is 10.1 Å².